The number of aromatic nitrogens is 3. The molecule has 1 aliphatic rings. The summed E-state index contributed by atoms with van der Waals surface area (Å²) in [5, 5.41) is 11.5. The predicted molar refractivity (Wildman–Crippen MR) is 95.7 cm³/mol. The molecule has 0 fully saturated rings. The fraction of sp³-hybridized carbons (Fsp3) is 0.111. The Morgan fingerprint density at radius 1 is 1.19 bits per heavy atom. The highest BCUT2D eigenvalue weighted by atomic mass is 19.1. The zero-order valence-electron chi connectivity index (χ0n) is 13.9. The molecule has 0 bridgehead atoms. The molecule has 2 amide bonds. The lowest BCUT2D eigenvalue weighted by atomic mass is 9.89. The molecule has 8 nitrogen and oxygen atoms in total. The van der Waals surface area contributed by atoms with E-state index in [1.807, 2.05) is 0 Å². The number of hydrogen-bond donors (Lipinski definition) is 4. The van der Waals surface area contributed by atoms with Gasteiger partial charge in [-0.15, -0.1) is 0 Å². The summed E-state index contributed by atoms with van der Waals surface area (Å²) in [6, 6.07) is 10.7. The molecule has 0 aliphatic carbocycles. The van der Waals surface area contributed by atoms with Gasteiger partial charge in [0.15, 0.2) is 5.82 Å². The van der Waals surface area contributed by atoms with Crippen molar-refractivity contribution in [2.24, 2.45) is 0 Å². The van der Waals surface area contributed by atoms with Crippen LogP contribution < -0.4 is 16.3 Å². The minimum Gasteiger partial charge on any atom is -0.326 e. The van der Waals surface area contributed by atoms with Crippen molar-refractivity contribution in [2.45, 2.75) is 12.3 Å². The monoisotopic (exact) mass is 367 g/mol. The van der Waals surface area contributed by atoms with E-state index in [-0.39, 0.29) is 18.2 Å². The largest absolute Gasteiger partial charge is 0.340 e. The molecule has 4 rings (SSSR count). The van der Waals surface area contributed by atoms with Gasteiger partial charge in [-0.05, 0) is 29.8 Å². The number of H-pyrrole nitrogens is 2. The Kier molecular flexibility index (Phi) is 4.03. The van der Waals surface area contributed by atoms with Crippen LogP contribution in [0.4, 0.5) is 15.8 Å². The number of hydrogen-bond acceptors (Lipinski definition) is 4. The highest BCUT2D eigenvalue weighted by Gasteiger charge is 2.31. The van der Waals surface area contributed by atoms with Gasteiger partial charge in [0.2, 0.25) is 11.8 Å². The molecule has 1 aliphatic heterocycles. The van der Waals surface area contributed by atoms with Crippen LogP contribution in [0.5, 0.6) is 0 Å². The zero-order valence-corrected chi connectivity index (χ0v) is 13.9. The van der Waals surface area contributed by atoms with Crippen molar-refractivity contribution < 1.29 is 14.0 Å². The van der Waals surface area contributed by atoms with E-state index in [0.29, 0.717) is 28.3 Å². The van der Waals surface area contributed by atoms with Crippen LogP contribution in [0, 0.1) is 5.82 Å². The molecule has 0 spiro atoms. The molecule has 2 heterocycles. The minimum atomic E-state index is -0.733. The maximum atomic E-state index is 13.4. The standard InChI is InChI=1S/C18H14FN5O3/c19-10-4-5-12-13(8-15(25)21-14(12)7-10)17(26)20-11-3-1-2-9(6-11)16-22-18(27)24-23-16/h1-7,13H,8H2,(H,20,26)(H,21,25)(H2,22,23,24,27). The first-order chi connectivity index (χ1) is 13.0. The number of carbonyl (C=O) groups is 2. The van der Waals surface area contributed by atoms with Crippen molar-refractivity contribution >= 4 is 23.2 Å². The first kappa shape index (κ1) is 16.7. The van der Waals surface area contributed by atoms with Crippen molar-refractivity contribution in [2.75, 3.05) is 10.6 Å². The Bertz CT molecular complexity index is 1100. The molecule has 1 atom stereocenters. The molecule has 1 unspecified atom stereocenters. The minimum absolute atomic E-state index is 0.0309. The molecule has 1 aromatic heterocycles. The summed E-state index contributed by atoms with van der Waals surface area (Å²) < 4.78 is 13.4. The van der Waals surface area contributed by atoms with Crippen LogP contribution in [0.3, 0.4) is 0 Å². The molecule has 4 N–H and O–H groups in total. The summed E-state index contributed by atoms with van der Waals surface area (Å²) in [6.45, 7) is 0. The highest BCUT2D eigenvalue weighted by Crippen LogP contribution is 2.33. The van der Waals surface area contributed by atoms with E-state index in [1.54, 1.807) is 24.3 Å². The van der Waals surface area contributed by atoms with Crippen molar-refractivity contribution in [1.29, 1.82) is 0 Å². The van der Waals surface area contributed by atoms with Crippen LogP contribution in [-0.2, 0) is 9.59 Å². The van der Waals surface area contributed by atoms with Gasteiger partial charge >= 0.3 is 5.69 Å². The summed E-state index contributed by atoms with van der Waals surface area (Å²) in [5.41, 5.74) is 1.51. The average molecular weight is 367 g/mol. The number of anilines is 2. The Morgan fingerprint density at radius 2 is 2.04 bits per heavy atom. The molecular weight excluding hydrogens is 353 g/mol. The SMILES string of the molecule is O=C1CC(C(=O)Nc2cccc(-c3n[nH]c(=O)[nH]3)c2)c2ccc(F)cc2N1. The number of halogens is 1. The topological polar surface area (TPSA) is 120 Å². The van der Waals surface area contributed by atoms with E-state index in [0.717, 1.165) is 0 Å². The van der Waals surface area contributed by atoms with Crippen LogP contribution in [0.1, 0.15) is 17.9 Å². The number of benzene rings is 2. The van der Waals surface area contributed by atoms with Crippen LogP contribution in [0.15, 0.2) is 47.3 Å². The van der Waals surface area contributed by atoms with Crippen LogP contribution >= 0.6 is 0 Å². The number of aromatic amines is 2. The van der Waals surface area contributed by atoms with E-state index in [1.165, 1.54) is 18.2 Å². The van der Waals surface area contributed by atoms with Gasteiger partial charge in [0.05, 0.1) is 5.92 Å². The van der Waals surface area contributed by atoms with Gasteiger partial charge in [0, 0.05) is 23.4 Å². The normalized spacial score (nSPS) is 15.7. The summed E-state index contributed by atoms with van der Waals surface area (Å²) in [5.74, 6) is -1.62. The maximum absolute atomic E-state index is 13.4. The van der Waals surface area contributed by atoms with E-state index in [4.69, 9.17) is 0 Å². The van der Waals surface area contributed by atoms with Crippen molar-refractivity contribution in [3.05, 3.63) is 64.3 Å². The number of fused-ring (bicyclic) bond motifs is 1. The summed E-state index contributed by atoms with van der Waals surface area (Å²) in [4.78, 5) is 38.4. The third-order valence-corrected chi connectivity index (χ3v) is 4.28. The molecule has 0 radical (unpaired) electrons. The van der Waals surface area contributed by atoms with E-state index in [2.05, 4.69) is 25.8 Å². The molecule has 9 heteroatoms. The number of rotatable bonds is 3. The maximum Gasteiger partial charge on any atom is 0.340 e. The number of amides is 2. The van der Waals surface area contributed by atoms with Crippen molar-refractivity contribution in [3.8, 4) is 11.4 Å². The van der Waals surface area contributed by atoms with E-state index in [9.17, 15) is 18.8 Å². The second kappa shape index (κ2) is 6.52. The predicted octanol–water partition coefficient (Wildman–Crippen LogP) is 1.97. The number of nitrogens with zero attached hydrogens (tertiary/aromatic N) is 1. The highest BCUT2D eigenvalue weighted by molar-refractivity contribution is 6.05. The smallest absolute Gasteiger partial charge is 0.326 e. The lowest BCUT2D eigenvalue weighted by Crippen LogP contribution is -2.30. The molecular formula is C18H14FN5O3. The first-order valence-electron chi connectivity index (χ1n) is 8.15. The number of nitrogens with one attached hydrogen (secondary N) is 4. The van der Waals surface area contributed by atoms with Gasteiger partial charge < -0.3 is 10.6 Å². The van der Waals surface area contributed by atoms with Crippen molar-refractivity contribution in [1.82, 2.24) is 15.2 Å². The summed E-state index contributed by atoms with van der Waals surface area (Å²) in [7, 11) is 0. The second-order valence-electron chi connectivity index (χ2n) is 6.13. The van der Waals surface area contributed by atoms with E-state index >= 15 is 0 Å². The van der Waals surface area contributed by atoms with Crippen molar-refractivity contribution in [3.63, 3.8) is 0 Å². The van der Waals surface area contributed by atoms with Gasteiger partial charge in [0.1, 0.15) is 5.82 Å². The summed E-state index contributed by atoms with van der Waals surface area (Å²) >= 11 is 0. The van der Waals surface area contributed by atoms with Gasteiger partial charge in [-0.2, -0.15) is 5.10 Å². The third-order valence-electron chi connectivity index (χ3n) is 4.28. The molecule has 0 saturated carbocycles. The fourth-order valence-electron chi connectivity index (χ4n) is 3.05. The van der Waals surface area contributed by atoms with Crippen LogP contribution in [-0.4, -0.2) is 27.0 Å². The first-order valence-corrected chi connectivity index (χ1v) is 8.15. The second-order valence-corrected chi connectivity index (χ2v) is 6.13. The quantitative estimate of drug-likeness (QED) is 0.566. The zero-order chi connectivity index (χ0) is 19.0. The van der Waals surface area contributed by atoms with Gasteiger partial charge in [-0.1, -0.05) is 18.2 Å². The molecule has 136 valence electrons. The lowest BCUT2D eigenvalue weighted by Gasteiger charge is -2.25. The molecule has 3 aromatic rings. The Morgan fingerprint density at radius 3 is 2.81 bits per heavy atom. The summed E-state index contributed by atoms with van der Waals surface area (Å²) in [6.07, 6.45) is -0.0309. The molecule has 2 aromatic carbocycles. The Balaban J connectivity index is 1.60. The Hall–Kier alpha value is -3.75. The van der Waals surface area contributed by atoms with Gasteiger partial charge in [-0.3, -0.25) is 14.6 Å². The van der Waals surface area contributed by atoms with Crippen LogP contribution in [0.2, 0.25) is 0 Å². The van der Waals surface area contributed by atoms with Crippen LogP contribution in [0.25, 0.3) is 11.4 Å². The third kappa shape index (κ3) is 3.34. The molecule has 27 heavy (non-hydrogen) atoms. The van der Waals surface area contributed by atoms with Gasteiger partial charge in [0.25, 0.3) is 0 Å². The molecule has 0 saturated heterocycles. The van der Waals surface area contributed by atoms with Gasteiger partial charge in [-0.25, -0.2) is 14.3 Å². The Labute approximate surface area is 151 Å². The fourth-order valence-corrected chi connectivity index (χ4v) is 3.05. The van der Waals surface area contributed by atoms with E-state index < -0.39 is 17.4 Å². The average Bonchev–Trinajstić information content (AvgIpc) is 3.07. The number of carbonyl (C=O) groups excluding carboxylic acids is 2. The lowest BCUT2D eigenvalue weighted by molar-refractivity contribution is -0.123.